The first-order valence-corrected chi connectivity index (χ1v) is 6.70. The topological polar surface area (TPSA) is 67.4 Å². The highest BCUT2D eigenvalue weighted by Gasteiger charge is 2.06. The molecule has 0 unspecified atom stereocenters. The van der Waals surface area contributed by atoms with Gasteiger partial charge in [-0.2, -0.15) is 0 Å². The monoisotopic (exact) mass is 278 g/mol. The lowest BCUT2D eigenvalue weighted by molar-refractivity contribution is -0.127. The summed E-state index contributed by atoms with van der Waals surface area (Å²) in [4.78, 5) is 22.9. The number of carbonyl (C=O) groups excluding carboxylic acids is 2. The zero-order valence-corrected chi connectivity index (χ0v) is 12.2. The van der Waals surface area contributed by atoms with E-state index in [1.165, 1.54) is 0 Å². The highest BCUT2D eigenvalue weighted by atomic mass is 16.5. The van der Waals surface area contributed by atoms with Gasteiger partial charge in [0.2, 0.25) is 5.91 Å². The lowest BCUT2D eigenvalue weighted by Crippen LogP contribution is -2.39. The highest BCUT2D eigenvalue weighted by Crippen LogP contribution is 2.10. The van der Waals surface area contributed by atoms with Crippen LogP contribution in [0.2, 0.25) is 0 Å². The summed E-state index contributed by atoms with van der Waals surface area (Å²) in [5.41, 5.74) is 1.13. The van der Waals surface area contributed by atoms with E-state index in [1.807, 2.05) is 32.9 Å². The number of carbonyl (C=O) groups is 2. The Kier molecular flexibility index (Phi) is 6.56. The van der Waals surface area contributed by atoms with Crippen molar-refractivity contribution in [2.24, 2.45) is 5.92 Å². The molecule has 1 aromatic carbocycles. The van der Waals surface area contributed by atoms with E-state index in [-0.39, 0.29) is 25.0 Å². The van der Waals surface area contributed by atoms with Crippen LogP contribution in [-0.4, -0.2) is 31.5 Å². The number of rotatable bonds is 7. The third-order valence-electron chi connectivity index (χ3n) is 2.54. The summed E-state index contributed by atoms with van der Waals surface area (Å²) in [6, 6.07) is 7.43. The van der Waals surface area contributed by atoms with Gasteiger partial charge < -0.3 is 15.4 Å². The number of benzene rings is 1. The molecular weight excluding hydrogens is 256 g/mol. The van der Waals surface area contributed by atoms with Crippen molar-refractivity contribution in [3.8, 4) is 5.75 Å². The molecule has 2 N–H and O–H groups in total. The largest absolute Gasteiger partial charge is 0.484 e. The molecule has 0 heterocycles. The number of ether oxygens (including phenoxy) is 1. The van der Waals surface area contributed by atoms with Crippen LogP contribution in [0.4, 0.5) is 0 Å². The van der Waals surface area contributed by atoms with E-state index in [0.717, 1.165) is 5.56 Å². The van der Waals surface area contributed by atoms with Gasteiger partial charge in [0.15, 0.2) is 6.61 Å². The van der Waals surface area contributed by atoms with Crippen molar-refractivity contribution in [2.75, 3.05) is 19.7 Å². The zero-order valence-electron chi connectivity index (χ0n) is 12.2. The van der Waals surface area contributed by atoms with Crippen LogP contribution in [0.25, 0.3) is 0 Å². The predicted molar refractivity (Wildman–Crippen MR) is 77.5 cm³/mol. The second-order valence-electron chi connectivity index (χ2n) is 5.08. The van der Waals surface area contributed by atoms with Gasteiger partial charge in [0.25, 0.3) is 5.91 Å². The fourth-order valence-corrected chi connectivity index (χ4v) is 1.39. The zero-order chi connectivity index (χ0) is 15.0. The summed E-state index contributed by atoms with van der Waals surface area (Å²) in [7, 11) is 0. The van der Waals surface area contributed by atoms with Crippen molar-refractivity contribution >= 4 is 11.8 Å². The minimum absolute atomic E-state index is 0.0250. The molecule has 0 aliphatic heterocycles. The lowest BCUT2D eigenvalue weighted by atomic mass is 10.2. The molecule has 0 aromatic heterocycles. The Morgan fingerprint density at radius 2 is 1.75 bits per heavy atom. The standard InChI is InChI=1S/C15H22N2O3/c1-11(2)8-16-14(18)9-17-15(19)10-20-13-6-4-12(3)5-7-13/h4-7,11H,8-10H2,1-3H3,(H,16,18)(H,17,19). The van der Waals surface area contributed by atoms with E-state index in [9.17, 15) is 9.59 Å². The summed E-state index contributed by atoms with van der Waals surface area (Å²) in [5, 5.41) is 5.23. The second kappa shape index (κ2) is 8.19. The fraction of sp³-hybridized carbons (Fsp3) is 0.467. The molecule has 0 aliphatic rings. The van der Waals surface area contributed by atoms with E-state index in [0.29, 0.717) is 18.2 Å². The van der Waals surface area contributed by atoms with Crippen molar-refractivity contribution in [1.29, 1.82) is 0 Å². The van der Waals surface area contributed by atoms with Crippen LogP contribution in [-0.2, 0) is 9.59 Å². The minimum Gasteiger partial charge on any atom is -0.484 e. The van der Waals surface area contributed by atoms with Crippen LogP contribution >= 0.6 is 0 Å². The fourth-order valence-electron chi connectivity index (χ4n) is 1.39. The molecule has 0 aliphatic carbocycles. The van der Waals surface area contributed by atoms with Crippen molar-refractivity contribution in [1.82, 2.24) is 10.6 Å². The Labute approximate surface area is 119 Å². The van der Waals surface area contributed by atoms with E-state index < -0.39 is 0 Å². The van der Waals surface area contributed by atoms with Crippen LogP contribution in [0.1, 0.15) is 19.4 Å². The molecule has 0 fully saturated rings. The summed E-state index contributed by atoms with van der Waals surface area (Å²) < 4.78 is 5.31. The van der Waals surface area contributed by atoms with Gasteiger partial charge in [0.1, 0.15) is 5.75 Å². The Hall–Kier alpha value is -2.04. The van der Waals surface area contributed by atoms with Crippen molar-refractivity contribution in [3.63, 3.8) is 0 Å². The van der Waals surface area contributed by atoms with Crippen LogP contribution in [0.15, 0.2) is 24.3 Å². The molecule has 0 saturated heterocycles. The Morgan fingerprint density at radius 1 is 1.10 bits per heavy atom. The van der Waals surface area contributed by atoms with Crippen molar-refractivity contribution in [3.05, 3.63) is 29.8 Å². The van der Waals surface area contributed by atoms with Gasteiger partial charge in [-0.1, -0.05) is 31.5 Å². The lowest BCUT2D eigenvalue weighted by Gasteiger charge is -2.09. The maximum atomic E-state index is 11.5. The number of hydrogen-bond donors (Lipinski definition) is 2. The van der Waals surface area contributed by atoms with Gasteiger partial charge in [0.05, 0.1) is 6.54 Å². The summed E-state index contributed by atoms with van der Waals surface area (Å²) in [5.74, 6) is 0.516. The normalized spacial score (nSPS) is 10.2. The molecule has 1 rings (SSSR count). The van der Waals surface area contributed by atoms with Gasteiger partial charge >= 0.3 is 0 Å². The third kappa shape index (κ3) is 6.78. The van der Waals surface area contributed by atoms with E-state index >= 15 is 0 Å². The van der Waals surface area contributed by atoms with E-state index in [1.54, 1.807) is 12.1 Å². The average molecular weight is 278 g/mol. The molecule has 20 heavy (non-hydrogen) atoms. The quantitative estimate of drug-likeness (QED) is 0.789. The van der Waals surface area contributed by atoms with Crippen LogP contribution < -0.4 is 15.4 Å². The van der Waals surface area contributed by atoms with Crippen LogP contribution in [0.3, 0.4) is 0 Å². The molecule has 5 heteroatoms. The molecule has 0 spiro atoms. The van der Waals surface area contributed by atoms with Gasteiger partial charge in [-0.15, -0.1) is 0 Å². The van der Waals surface area contributed by atoms with Gasteiger partial charge in [-0.3, -0.25) is 9.59 Å². The first-order valence-electron chi connectivity index (χ1n) is 6.70. The average Bonchev–Trinajstić information content (AvgIpc) is 2.42. The maximum absolute atomic E-state index is 11.5. The molecule has 0 saturated carbocycles. The van der Waals surface area contributed by atoms with Gasteiger partial charge in [-0.25, -0.2) is 0 Å². The van der Waals surface area contributed by atoms with Crippen molar-refractivity contribution in [2.45, 2.75) is 20.8 Å². The number of hydrogen-bond acceptors (Lipinski definition) is 3. The Bertz CT molecular complexity index is 441. The molecule has 1 aromatic rings. The van der Waals surface area contributed by atoms with Crippen molar-refractivity contribution < 1.29 is 14.3 Å². The molecule has 2 amide bonds. The van der Waals surface area contributed by atoms with Crippen LogP contribution in [0.5, 0.6) is 5.75 Å². The molecule has 0 radical (unpaired) electrons. The van der Waals surface area contributed by atoms with E-state index in [2.05, 4.69) is 10.6 Å². The smallest absolute Gasteiger partial charge is 0.258 e. The molecule has 0 atom stereocenters. The van der Waals surface area contributed by atoms with E-state index in [4.69, 9.17) is 4.74 Å². The summed E-state index contributed by atoms with van der Waals surface area (Å²) in [6.07, 6.45) is 0. The Balaban J connectivity index is 2.20. The maximum Gasteiger partial charge on any atom is 0.258 e. The number of amides is 2. The molecule has 0 bridgehead atoms. The first kappa shape index (κ1) is 16.0. The SMILES string of the molecule is Cc1ccc(OCC(=O)NCC(=O)NCC(C)C)cc1. The minimum atomic E-state index is -0.315. The summed E-state index contributed by atoms with van der Waals surface area (Å²) in [6.45, 7) is 6.48. The van der Waals surface area contributed by atoms with Crippen LogP contribution in [0, 0.1) is 12.8 Å². The summed E-state index contributed by atoms with van der Waals surface area (Å²) >= 11 is 0. The molecular formula is C15H22N2O3. The van der Waals surface area contributed by atoms with Gasteiger partial charge in [-0.05, 0) is 25.0 Å². The highest BCUT2D eigenvalue weighted by molar-refractivity contribution is 5.85. The number of aryl methyl sites for hydroxylation is 1. The number of nitrogens with one attached hydrogen (secondary N) is 2. The second-order valence-corrected chi connectivity index (χ2v) is 5.08. The molecule has 5 nitrogen and oxygen atoms in total. The first-order chi connectivity index (χ1) is 9.47. The molecule has 110 valence electrons. The third-order valence-corrected chi connectivity index (χ3v) is 2.54. The Morgan fingerprint density at radius 3 is 2.35 bits per heavy atom. The van der Waals surface area contributed by atoms with Gasteiger partial charge in [0, 0.05) is 6.54 Å². The predicted octanol–water partition coefficient (Wildman–Crippen LogP) is 1.26.